The van der Waals surface area contributed by atoms with E-state index >= 15 is 0 Å². The van der Waals surface area contributed by atoms with Crippen molar-refractivity contribution in [3.05, 3.63) is 52.6 Å². The summed E-state index contributed by atoms with van der Waals surface area (Å²) in [5, 5.41) is 9.69. The van der Waals surface area contributed by atoms with Gasteiger partial charge in [0.2, 0.25) is 5.95 Å². The summed E-state index contributed by atoms with van der Waals surface area (Å²) in [6.45, 7) is 5.97. The van der Waals surface area contributed by atoms with Gasteiger partial charge in [0.05, 0.1) is 29.3 Å². The van der Waals surface area contributed by atoms with Gasteiger partial charge in [0.15, 0.2) is 0 Å². The van der Waals surface area contributed by atoms with Crippen molar-refractivity contribution < 1.29 is 4.79 Å². The molecule has 1 aromatic carbocycles. The standard InChI is InChI=1S/C22H28N8O2/c1-23-18-5-3-4-15-12-17(21(32)28-19(15)18)20(31)27-16-13-25-22(26-14-16)24-6-7-30-10-8-29(2)9-11-30/h3-5,12-14,23H,6-11H2,1-2H3,(H,27,31)(H,28,32)(H,24,25,26). The van der Waals surface area contributed by atoms with Crippen molar-refractivity contribution >= 4 is 34.1 Å². The van der Waals surface area contributed by atoms with Crippen LogP contribution in [0.2, 0.25) is 0 Å². The summed E-state index contributed by atoms with van der Waals surface area (Å²) in [7, 11) is 3.91. The number of piperazine rings is 1. The number of nitrogens with zero attached hydrogens (tertiary/aromatic N) is 4. The number of aromatic amines is 1. The molecule has 1 saturated heterocycles. The van der Waals surface area contributed by atoms with Crippen molar-refractivity contribution in [3.63, 3.8) is 0 Å². The van der Waals surface area contributed by atoms with Crippen LogP contribution in [0.1, 0.15) is 10.4 Å². The first-order valence-electron chi connectivity index (χ1n) is 10.7. The zero-order valence-electron chi connectivity index (χ0n) is 18.3. The molecule has 0 atom stereocenters. The zero-order valence-corrected chi connectivity index (χ0v) is 18.3. The third-order valence-electron chi connectivity index (χ3n) is 5.61. The fourth-order valence-corrected chi connectivity index (χ4v) is 3.69. The molecule has 10 nitrogen and oxygen atoms in total. The van der Waals surface area contributed by atoms with E-state index in [1.807, 2.05) is 18.2 Å². The highest BCUT2D eigenvalue weighted by Gasteiger charge is 2.15. The Balaban J connectivity index is 1.35. The Labute approximate surface area is 186 Å². The molecule has 0 aliphatic carbocycles. The number of para-hydroxylation sites is 1. The van der Waals surface area contributed by atoms with E-state index in [9.17, 15) is 9.59 Å². The van der Waals surface area contributed by atoms with Gasteiger partial charge in [0.1, 0.15) is 5.56 Å². The molecule has 1 aliphatic rings. The number of hydrogen-bond acceptors (Lipinski definition) is 8. The minimum Gasteiger partial charge on any atom is -0.386 e. The molecule has 0 radical (unpaired) electrons. The van der Waals surface area contributed by atoms with Gasteiger partial charge in [-0.05, 0) is 19.2 Å². The Morgan fingerprint density at radius 1 is 1.16 bits per heavy atom. The maximum absolute atomic E-state index is 12.7. The number of pyridine rings is 1. The van der Waals surface area contributed by atoms with Crippen LogP contribution in [0, 0.1) is 0 Å². The molecule has 0 saturated carbocycles. The number of hydrogen-bond donors (Lipinski definition) is 4. The van der Waals surface area contributed by atoms with Gasteiger partial charge in [-0.2, -0.15) is 0 Å². The number of nitrogens with one attached hydrogen (secondary N) is 4. The third-order valence-corrected chi connectivity index (χ3v) is 5.61. The lowest BCUT2D eigenvalue weighted by Gasteiger charge is -2.32. The minimum atomic E-state index is -0.512. The second-order valence-corrected chi connectivity index (χ2v) is 7.85. The third kappa shape index (κ3) is 5.04. The number of carbonyl (C=O) groups excluding carboxylic acids is 1. The molecule has 10 heteroatoms. The van der Waals surface area contributed by atoms with Crippen LogP contribution in [0.4, 0.5) is 17.3 Å². The Bertz CT molecular complexity index is 1140. The zero-order chi connectivity index (χ0) is 22.5. The molecule has 32 heavy (non-hydrogen) atoms. The predicted octanol–water partition coefficient (Wildman–Crippen LogP) is 1.27. The predicted molar refractivity (Wildman–Crippen MR) is 127 cm³/mol. The maximum atomic E-state index is 12.7. The van der Waals surface area contributed by atoms with E-state index in [2.05, 4.69) is 47.7 Å². The summed E-state index contributed by atoms with van der Waals surface area (Å²) in [6, 6.07) is 7.14. The summed E-state index contributed by atoms with van der Waals surface area (Å²) in [4.78, 5) is 41.1. The number of rotatable bonds is 7. The molecule has 1 aliphatic heterocycles. The SMILES string of the molecule is CNc1cccc2cc(C(=O)Nc3cnc(NCCN4CCN(C)CC4)nc3)c(=O)[nH]c12. The average molecular weight is 437 g/mol. The Morgan fingerprint density at radius 2 is 1.91 bits per heavy atom. The normalized spacial score (nSPS) is 14.9. The number of carbonyl (C=O) groups is 1. The molecule has 3 heterocycles. The fourth-order valence-electron chi connectivity index (χ4n) is 3.69. The van der Waals surface area contributed by atoms with Crippen LogP contribution in [0.25, 0.3) is 10.9 Å². The molecule has 4 N–H and O–H groups in total. The molecule has 4 rings (SSSR count). The second kappa shape index (κ2) is 9.75. The average Bonchev–Trinajstić information content (AvgIpc) is 2.80. The summed E-state index contributed by atoms with van der Waals surface area (Å²) in [6.07, 6.45) is 3.05. The highest BCUT2D eigenvalue weighted by atomic mass is 16.2. The highest BCUT2D eigenvalue weighted by molar-refractivity contribution is 6.06. The minimum absolute atomic E-state index is 0.0279. The fraction of sp³-hybridized carbons (Fsp3) is 0.364. The van der Waals surface area contributed by atoms with E-state index < -0.39 is 11.5 Å². The Kier molecular flexibility index (Phi) is 6.62. The Hall–Kier alpha value is -3.50. The molecular weight excluding hydrogens is 408 g/mol. The van der Waals surface area contributed by atoms with E-state index in [0.29, 0.717) is 17.2 Å². The number of benzene rings is 1. The van der Waals surface area contributed by atoms with Crippen LogP contribution in [-0.4, -0.2) is 84.0 Å². The van der Waals surface area contributed by atoms with Crippen LogP contribution < -0.4 is 21.5 Å². The number of H-pyrrole nitrogens is 1. The molecule has 3 aromatic rings. The van der Waals surface area contributed by atoms with Crippen molar-refractivity contribution in [1.82, 2.24) is 24.8 Å². The molecule has 168 valence electrons. The van der Waals surface area contributed by atoms with Crippen LogP contribution in [0.3, 0.4) is 0 Å². The summed E-state index contributed by atoms with van der Waals surface area (Å²) in [5.74, 6) is -0.0114. The van der Waals surface area contributed by atoms with Gasteiger partial charge in [-0.15, -0.1) is 0 Å². The van der Waals surface area contributed by atoms with Crippen molar-refractivity contribution in [3.8, 4) is 0 Å². The molecule has 0 spiro atoms. The van der Waals surface area contributed by atoms with Gasteiger partial charge in [0, 0.05) is 51.7 Å². The largest absolute Gasteiger partial charge is 0.386 e. The van der Waals surface area contributed by atoms with E-state index in [1.165, 1.54) is 12.4 Å². The molecule has 1 fully saturated rings. The molecule has 0 bridgehead atoms. The number of aromatic nitrogens is 3. The van der Waals surface area contributed by atoms with Gasteiger partial charge < -0.3 is 25.8 Å². The number of fused-ring (bicyclic) bond motifs is 1. The Morgan fingerprint density at radius 3 is 2.62 bits per heavy atom. The smallest absolute Gasteiger partial charge is 0.261 e. The van der Waals surface area contributed by atoms with E-state index in [-0.39, 0.29) is 5.56 Å². The van der Waals surface area contributed by atoms with Crippen LogP contribution >= 0.6 is 0 Å². The van der Waals surface area contributed by atoms with Gasteiger partial charge in [-0.1, -0.05) is 12.1 Å². The topological polar surface area (TPSA) is 118 Å². The first-order valence-corrected chi connectivity index (χ1v) is 10.7. The lowest BCUT2D eigenvalue weighted by Crippen LogP contribution is -2.45. The lowest BCUT2D eigenvalue weighted by molar-refractivity contribution is 0.102. The van der Waals surface area contributed by atoms with Gasteiger partial charge >= 0.3 is 0 Å². The van der Waals surface area contributed by atoms with Gasteiger partial charge in [-0.3, -0.25) is 14.5 Å². The van der Waals surface area contributed by atoms with E-state index in [0.717, 1.165) is 50.3 Å². The monoisotopic (exact) mass is 436 g/mol. The summed E-state index contributed by atoms with van der Waals surface area (Å²) >= 11 is 0. The van der Waals surface area contributed by atoms with Crippen LogP contribution in [0.15, 0.2) is 41.5 Å². The number of amides is 1. The van der Waals surface area contributed by atoms with Crippen LogP contribution in [0.5, 0.6) is 0 Å². The van der Waals surface area contributed by atoms with Crippen molar-refractivity contribution in [2.45, 2.75) is 0 Å². The van der Waals surface area contributed by atoms with Gasteiger partial charge in [-0.25, -0.2) is 9.97 Å². The quantitative estimate of drug-likeness (QED) is 0.437. The summed E-state index contributed by atoms with van der Waals surface area (Å²) in [5.41, 5.74) is 1.44. The van der Waals surface area contributed by atoms with Crippen molar-refractivity contribution in [2.75, 3.05) is 69.3 Å². The van der Waals surface area contributed by atoms with Crippen molar-refractivity contribution in [1.29, 1.82) is 0 Å². The maximum Gasteiger partial charge on any atom is 0.261 e. The summed E-state index contributed by atoms with van der Waals surface area (Å²) < 4.78 is 0. The number of anilines is 3. The van der Waals surface area contributed by atoms with E-state index in [1.54, 1.807) is 13.1 Å². The van der Waals surface area contributed by atoms with Gasteiger partial charge in [0.25, 0.3) is 11.5 Å². The molecular formula is C22H28N8O2. The number of likely N-dealkylation sites (N-methyl/N-ethyl adjacent to an activating group) is 1. The first-order chi connectivity index (χ1) is 15.5. The highest BCUT2D eigenvalue weighted by Crippen LogP contribution is 2.20. The first kappa shape index (κ1) is 21.7. The lowest BCUT2D eigenvalue weighted by atomic mass is 10.1. The van der Waals surface area contributed by atoms with E-state index in [4.69, 9.17) is 0 Å². The van der Waals surface area contributed by atoms with Crippen molar-refractivity contribution in [2.24, 2.45) is 0 Å². The molecule has 1 amide bonds. The molecule has 2 aromatic heterocycles. The molecule has 0 unspecified atom stereocenters. The van der Waals surface area contributed by atoms with Crippen LogP contribution in [-0.2, 0) is 0 Å². The second-order valence-electron chi connectivity index (χ2n) is 7.85.